The molecule has 0 unspecified atom stereocenters. The van der Waals surface area contributed by atoms with Crippen molar-refractivity contribution in [3.8, 4) is 0 Å². The lowest BCUT2D eigenvalue weighted by Crippen LogP contribution is -2.54. The average molecular weight is 399 g/mol. The largest absolute Gasteiger partial charge is 0.381 e. The number of amides is 2. The summed E-state index contributed by atoms with van der Waals surface area (Å²) in [7, 11) is 0. The predicted octanol–water partition coefficient (Wildman–Crippen LogP) is 0.781. The first-order chi connectivity index (χ1) is 14.0. The number of aryl methyl sites for hydroxylation is 1. The summed E-state index contributed by atoms with van der Waals surface area (Å²) >= 11 is 0. The Morgan fingerprint density at radius 2 is 2.00 bits per heavy atom. The number of aromatic nitrogens is 3. The number of fused-ring (bicyclic) bond motifs is 1. The zero-order valence-electron chi connectivity index (χ0n) is 16.3. The van der Waals surface area contributed by atoms with Gasteiger partial charge >= 0.3 is 0 Å². The van der Waals surface area contributed by atoms with Gasteiger partial charge < -0.3 is 16.8 Å². The molecule has 0 spiro atoms. The van der Waals surface area contributed by atoms with Crippen molar-refractivity contribution >= 4 is 34.2 Å². The number of primary amides is 2. The van der Waals surface area contributed by atoms with Gasteiger partial charge in [-0.3, -0.25) is 15.1 Å². The lowest BCUT2D eigenvalue weighted by atomic mass is 9.94. The van der Waals surface area contributed by atoms with Crippen molar-refractivity contribution in [2.45, 2.75) is 57.2 Å². The van der Waals surface area contributed by atoms with Crippen LogP contribution in [0.25, 0.3) is 16.7 Å². The molecule has 154 valence electrons. The zero-order chi connectivity index (χ0) is 20.6. The summed E-state index contributed by atoms with van der Waals surface area (Å²) < 4.78 is 1.81. The summed E-state index contributed by atoms with van der Waals surface area (Å²) in [6, 6.07) is 0.318. The smallest absolute Gasteiger partial charge is 0.271 e. The number of nitrogens with two attached hydrogens (primary N) is 2. The van der Waals surface area contributed by atoms with Crippen molar-refractivity contribution < 1.29 is 14.4 Å². The molecular weight excluding hydrogens is 374 g/mol. The molecule has 1 aliphatic heterocycles. The van der Waals surface area contributed by atoms with E-state index in [-0.39, 0.29) is 0 Å². The van der Waals surface area contributed by atoms with Gasteiger partial charge in [-0.25, -0.2) is 14.5 Å². The second-order valence-electron chi connectivity index (χ2n) is 7.45. The van der Waals surface area contributed by atoms with Crippen LogP contribution >= 0.6 is 0 Å². The van der Waals surface area contributed by atoms with Gasteiger partial charge in [0.2, 0.25) is 0 Å². The fourth-order valence-electron chi connectivity index (χ4n) is 3.96. The van der Waals surface area contributed by atoms with E-state index in [4.69, 9.17) is 16.3 Å². The second-order valence-corrected chi connectivity index (χ2v) is 7.45. The molecule has 10 nitrogen and oxygen atoms in total. The molecular formula is C19H25N7O3. The molecule has 1 aliphatic carbocycles. The Bertz CT molecular complexity index is 977. The molecule has 2 amide bonds. The van der Waals surface area contributed by atoms with Crippen molar-refractivity contribution in [3.05, 3.63) is 24.0 Å². The molecule has 0 aromatic carbocycles. The monoisotopic (exact) mass is 399 g/mol. The Morgan fingerprint density at radius 1 is 1.28 bits per heavy atom. The molecule has 2 aromatic heterocycles. The lowest BCUT2D eigenvalue weighted by Gasteiger charge is -2.25. The maximum absolute atomic E-state index is 11.9. The molecule has 2 aromatic rings. The highest BCUT2D eigenvalue weighted by Crippen LogP contribution is 2.35. The van der Waals surface area contributed by atoms with E-state index >= 15 is 0 Å². The Hall–Kier alpha value is -3.14. The van der Waals surface area contributed by atoms with Crippen molar-refractivity contribution in [3.63, 3.8) is 0 Å². The number of anilines is 1. The van der Waals surface area contributed by atoms with Crippen LogP contribution in [0.15, 0.2) is 18.5 Å². The third-order valence-corrected chi connectivity index (χ3v) is 5.61. The molecule has 10 heteroatoms. The van der Waals surface area contributed by atoms with E-state index in [9.17, 15) is 9.59 Å². The van der Waals surface area contributed by atoms with Gasteiger partial charge in [-0.1, -0.05) is 19.3 Å². The van der Waals surface area contributed by atoms with E-state index in [0.717, 1.165) is 29.6 Å². The molecule has 1 fully saturated rings. The molecule has 3 heterocycles. The number of nitrogens with one attached hydrogen (secondary N) is 2. The second kappa shape index (κ2) is 7.36. The summed E-state index contributed by atoms with van der Waals surface area (Å²) in [6.07, 6.45) is 10.5. The molecule has 0 atom stereocenters. The van der Waals surface area contributed by atoms with Gasteiger partial charge in [0.05, 0.1) is 23.0 Å². The third kappa shape index (κ3) is 3.19. The van der Waals surface area contributed by atoms with Crippen LogP contribution in [-0.4, -0.2) is 38.2 Å². The standard InChI is InChI=1S/C19H25N7O3/c1-2-26-16-13(10-23-26)15(24-11-6-4-3-5-7-11)12(9-22-16)14-8-19(17(20)27,18(21)28)29-25-14/h8-11,25H,2-7H2,1H3,(H2,20,27)(H2,21,28)(H,22,24). The number of pyridine rings is 1. The minimum absolute atomic E-state index is 0.318. The van der Waals surface area contributed by atoms with Gasteiger partial charge in [0.25, 0.3) is 17.4 Å². The quantitative estimate of drug-likeness (QED) is 0.524. The lowest BCUT2D eigenvalue weighted by molar-refractivity contribution is -0.153. The summed E-state index contributed by atoms with van der Waals surface area (Å²) in [6.45, 7) is 2.69. The van der Waals surface area contributed by atoms with E-state index in [2.05, 4.69) is 20.9 Å². The van der Waals surface area contributed by atoms with Gasteiger partial charge in [-0.2, -0.15) is 5.10 Å². The molecule has 0 radical (unpaired) electrons. The molecule has 0 saturated heterocycles. The first-order valence-electron chi connectivity index (χ1n) is 9.84. The normalized spacial score (nSPS) is 19.0. The topological polar surface area (TPSA) is 150 Å². The number of carbonyl (C=O) groups is 2. The SMILES string of the molecule is CCn1ncc2c(NC3CCCCC3)c(C3=CC(C(N)=O)(C(N)=O)ON3)cnc21. The fourth-order valence-corrected chi connectivity index (χ4v) is 3.96. The van der Waals surface area contributed by atoms with Gasteiger partial charge in [0, 0.05) is 24.3 Å². The van der Waals surface area contributed by atoms with Crippen LogP contribution < -0.4 is 22.3 Å². The van der Waals surface area contributed by atoms with E-state index in [0.29, 0.717) is 23.8 Å². The Kier molecular flexibility index (Phi) is 4.87. The van der Waals surface area contributed by atoms with Gasteiger partial charge in [0.15, 0.2) is 5.65 Å². The van der Waals surface area contributed by atoms with Crippen LogP contribution in [-0.2, 0) is 21.0 Å². The molecule has 2 aliphatic rings. The highest BCUT2D eigenvalue weighted by atomic mass is 16.7. The van der Waals surface area contributed by atoms with E-state index < -0.39 is 17.4 Å². The molecule has 0 bridgehead atoms. The molecule has 1 saturated carbocycles. The highest BCUT2D eigenvalue weighted by Gasteiger charge is 2.48. The summed E-state index contributed by atoms with van der Waals surface area (Å²) in [5.74, 6) is -1.97. The Balaban J connectivity index is 1.82. The zero-order valence-corrected chi connectivity index (χ0v) is 16.3. The minimum Gasteiger partial charge on any atom is -0.381 e. The highest BCUT2D eigenvalue weighted by molar-refractivity contribution is 6.11. The average Bonchev–Trinajstić information content (AvgIpc) is 3.34. The maximum Gasteiger partial charge on any atom is 0.271 e. The van der Waals surface area contributed by atoms with Crippen molar-refractivity contribution in [1.29, 1.82) is 0 Å². The number of hydroxylamine groups is 1. The number of hydrogen-bond acceptors (Lipinski definition) is 7. The van der Waals surface area contributed by atoms with Crippen molar-refractivity contribution in [2.75, 3.05) is 5.32 Å². The first kappa shape index (κ1) is 19.2. The van der Waals surface area contributed by atoms with Crippen LogP contribution in [0.4, 0.5) is 5.69 Å². The van der Waals surface area contributed by atoms with Crippen LogP contribution in [0.1, 0.15) is 44.6 Å². The van der Waals surface area contributed by atoms with Crippen molar-refractivity contribution in [2.24, 2.45) is 11.5 Å². The fraction of sp³-hybridized carbons (Fsp3) is 0.474. The summed E-state index contributed by atoms with van der Waals surface area (Å²) in [5.41, 5.74) is 14.0. The van der Waals surface area contributed by atoms with E-state index in [1.807, 2.05) is 11.6 Å². The van der Waals surface area contributed by atoms with Gasteiger partial charge in [-0.05, 0) is 25.8 Å². The number of rotatable bonds is 6. The van der Waals surface area contributed by atoms with E-state index in [1.54, 1.807) is 12.4 Å². The number of carbonyl (C=O) groups excluding carboxylic acids is 2. The molecule has 6 N–H and O–H groups in total. The Labute approximate surface area is 167 Å². The summed E-state index contributed by atoms with van der Waals surface area (Å²) in [4.78, 5) is 33.5. The minimum atomic E-state index is -2.04. The summed E-state index contributed by atoms with van der Waals surface area (Å²) in [5, 5.41) is 8.90. The number of hydrogen-bond donors (Lipinski definition) is 4. The maximum atomic E-state index is 11.9. The number of nitrogens with zero attached hydrogens (tertiary/aromatic N) is 3. The first-order valence-corrected chi connectivity index (χ1v) is 9.84. The van der Waals surface area contributed by atoms with Gasteiger partial charge in [0.1, 0.15) is 0 Å². The van der Waals surface area contributed by atoms with E-state index in [1.165, 1.54) is 25.3 Å². The Morgan fingerprint density at radius 3 is 2.62 bits per heavy atom. The predicted molar refractivity (Wildman–Crippen MR) is 107 cm³/mol. The van der Waals surface area contributed by atoms with Crippen molar-refractivity contribution in [1.82, 2.24) is 20.2 Å². The van der Waals surface area contributed by atoms with Crippen LogP contribution in [0.3, 0.4) is 0 Å². The van der Waals surface area contributed by atoms with Crippen LogP contribution in [0.5, 0.6) is 0 Å². The third-order valence-electron chi connectivity index (χ3n) is 5.61. The van der Waals surface area contributed by atoms with Crippen LogP contribution in [0, 0.1) is 0 Å². The molecule has 4 rings (SSSR count). The molecule has 29 heavy (non-hydrogen) atoms. The van der Waals surface area contributed by atoms with Crippen LogP contribution in [0.2, 0.25) is 0 Å². The van der Waals surface area contributed by atoms with Gasteiger partial charge in [-0.15, -0.1) is 0 Å².